The van der Waals surface area contributed by atoms with Crippen LogP contribution in [0.25, 0.3) is 5.69 Å². The number of aromatic nitrogens is 2. The zero-order valence-corrected chi connectivity index (χ0v) is 15.3. The smallest absolute Gasteiger partial charge is 0.292 e. The van der Waals surface area contributed by atoms with Crippen LogP contribution in [-0.2, 0) is 0 Å². The number of rotatable bonds is 6. The monoisotopic (exact) mass is 399 g/mol. The van der Waals surface area contributed by atoms with Gasteiger partial charge >= 0.3 is 0 Å². The lowest BCUT2D eigenvalue weighted by atomic mass is 10.2. The van der Waals surface area contributed by atoms with Gasteiger partial charge in [-0.15, -0.1) is 0 Å². The van der Waals surface area contributed by atoms with Crippen LogP contribution in [0.3, 0.4) is 0 Å². The maximum absolute atomic E-state index is 12.5. The Hall–Kier alpha value is -3.72. The van der Waals surface area contributed by atoms with Gasteiger partial charge in [0.05, 0.1) is 30.1 Å². The first-order chi connectivity index (χ1) is 13.5. The molecule has 1 heterocycles. The Morgan fingerprint density at radius 3 is 2.71 bits per heavy atom. The predicted molar refractivity (Wildman–Crippen MR) is 106 cm³/mol. The molecule has 142 valence electrons. The highest BCUT2D eigenvalue weighted by molar-refractivity contribution is 6.32. The number of nitrogens with zero attached hydrogens (tertiary/aromatic N) is 4. The fourth-order valence-electron chi connectivity index (χ4n) is 2.31. The molecular weight excluding hydrogens is 386 g/mol. The fourth-order valence-corrected chi connectivity index (χ4v) is 2.48. The minimum atomic E-state index is -0.526. The van der Waals surface area contributed by atoms with Gasteiger partial charge in [0.25, 0.3) is 11.2 Å². The van der Waals surface area contributed by atoms with Gasteiger partial charge in [0.2, 0.25) is 0 Å². The summed E-state index contributed by atoms with van der Waals surface area (Å²) in [5.41, 5.74) is 3.29. The Balaban J connectivity index is 1.80. The van der Waals surface area contributed by atoms with E-state index in [0.29, 0.717) is 17.0 Å². The second kappa shape index (κ2) is 8.31. The second-order valence-electron chi connectivity index (χ2n) is 5.51. The molecule has 0 aliphatic rings. The molecule has 0 radical (unpaired) electrons. The standard InChI is InChI=1S/C18H14ClN5O4/c1-28-15-7-5-13(6-8-15)23-18(25)17(19)16(11-21-23)22-20-10-12-3-2-4-14(9-12)24(26)27/h2-11,22H,1H3/b20-10-. The summed E-state index contributed by atoms with van der Waals surface area (Å²) in [5.74, 6) is 0.650. The van der Waals surface area contributed by atoms with Gasteiger partial charge in [0.15, 0.2) is 0 Å². The molecule has 0 aliphatic heterocycles. The van der Waals surface area contributed by atoms with Crippen LogP contribution < -0.4 is 15.7 Å². The minimum absolute atomic E-state index is 0.0502. The van der Waals surface area contributed by atoms with Crippen molar-refractivity contribution < 1.29 is 9.66 Å². The lowest BCUT2D eigenvalue weighted by Gasteiger charge is -2.08. The first kappa shape index (κ1) is 19.1. The van der Waals surface area contributed by atoms with Crippen LogP contribution in [-0.4, -0.2) is 28.0 Å². The number of anilines is 1. The number of nitrogens with one attached hydrogen (secondary N) is 1. The number of nitro groups is 1. The molecule has 10 heteroatoms. The maximum atomic E-state index is 12.5. The van der Waals surface area contributed by atoms with Crippen LogP contribution in [0.2, 0.25) is 5.02 Å². The van der Waals surface area contributed by atoms with Crippen LogP contribution in [0.1, 0.15) is 5.56 Å². The lowest BCUT2D eigenvalue weighted by Crippen LogP contribution is -2.22. The van der Waals surface area contributed by atoms with E-state index in [-0.39, 0.29) is 16.4 Å². The van der Waals surface area contributed by atoms with Crippen LogP contribution in [0.15, 0.2) is 64.6 Å². The average molecular weight is 400 g/mol. The van der Waals surface area contributed by atoms with Gasteiger partial charge in [-0.3, -0.25) is 20.3 Å². The molecular formula is C18H14ClN5O4. The van der Waals surface area contributed by atoms with Gasteiger partial charge in [-0.2, -0.15) is 14.9 Å². The second-order valence-corrected chi connectivity index (χ2v) is 5.89. The number of hydrogen-bond donors (Lipinski definition) is 1. The van der Waals surface area contributed by atoms with E-state index < -0.39 is 10.5 Å². The van der Waals surface area contributed by atoms with Gasteiger partial charge < -0.3 is 4.74 Å². The molecule has 0 unspecified atom stereocenters. The Morgan fingerprint density at radius 1 is 1.29 bits per heavy atom. The van der Waals surface area contributed by atoms with Crippen LogP contribution >= 0.6 is 11.6 Å². The Bertz CT molecular complexity index is 1100. The molecule has 0 aliphatic carbocycles. The number of nitro benzene ring substituents is 1. The van der Waals surface area contributed by atoms with Gasteiger partial charge in [-0.1, -0.05) is 23.7 Å². The normalized spacial score (nSPS) is 10.8. The molecule has 0 bridgehead atoms. The van der Waals surface area contributed by atoms with E-state index in [9.17, 15) is 14.9 Å². The molecule has 0 fully saturated rings. The molecule has 1 N–H and O–H groups in total. The van der Waals surface area contributed by atoms with Crippen molar-refractivity contribution >= 4 is 29.2 Å². The molecule has 0 saturated heterocycles. The molecule has 0 atom stereocenters. The molecule has 0 spiro atoms. The van der Waals surface area contributed by atoms with Crippen molar-refractivity contribution in [2.75, 3.05) is 12.5 Å². The third kappa shape index (κ3) is 4.15. The lowest BCUT2D eigenvalue weighted by molar-refractivity contribution is -0.384. The number of ether oxygens (including phenoxy) is 1. The summed E-state index contributed by atoms with van der Waals surface area (Å²) >= 11 is 6.13. The van der Waals surface area contributed by atoms with Gasteiger partial charge in [0.1, 0.15) is 16.5 Å². The van der Waals surface area contributed by atoms with E-state index in [0.717, 1.165) is 4.68 Å². The highest BCUT2D eigenvalue weighted by atomic mass is 35.5. The summed E-state index contributed by atoms with van der Waals surface area (Å²) in [7, 11) is 1.55. The van der Waals surface area contributed by atoms with E-state index in [2.05, 4.69) is 15.6 Å². The van der Waals surface area contributed by atoms with Crippen molar-refractivity contribution in [2.24, 2.45) is 5.10 Å². The summed E-state index contributed by atoms with van der Waals surface area (Å²) < 4.78 is 6.23. The van der Waals surface area contributed by atoms with Crippen molar-refractivity contribution in [2.45, 2.75) is 0 Å². The zero-order chi connectivity index (χ0) is 20.1. The first-order valence-corrected chi connectivity index (χ1v) is 8.33. The molecule has 3 rings (SSSR count). The van der Waals surface area contributed by atoms with Crippen molar-refractivity contribution in [3.63, 3.8) is 0 Å². The van der Waals surface area contributed by atoms with E-state index in [1.807, 2.05) is 0 Å². The largest absolute Gasteiger partial charge is 0.497 e. The fraction of sp³-hybridized carbons (Fsp3) is 0.0556. The topological polar surface area (TPSA) is 112 Å². The molecule has 1 aromatic heterocycles. The summed E-state index contributed by atoms with van der Waals surface area (Å²) in [6, 6.07) is 12.7. The van der Waals surface area contributed by atoms with E-state index in [1.54, 1.807) is 43.5 Å². The number of hydrazone groups is 1. The van der Waals surface area contributed by atoms with Crippen molar-refractivity contribution in [3.05, 3.63) is 85.8 Å². The first-order valence-electron chi connectivity index (χ1n) is 7.95. The van der Waals surface area contributed by atoms with Gasteiger partial charge in [0, 0.05) is 17.7 Å². The Kier molecular flexibility index (Phi) is 5.66. The third-order valence-corrected chi connectivity index (χ3v) is 4.08. The average Bonchev–Trinajstić information content (AvgIpc) is 2.71. The Morgan fingerprint density at radius 2 is 2.04 bits per heavy atom. The van der Waals surface area contributed by atoms with Gasteiger partial charge in [-0.05, 0) is 24.3 Å². The van der Waals surface area contributed by atoms with Crippen LogP contribution in [0.5, 0.6) is 5.75 Å². The number of halogens is 1. The molecule has 9 nitrogen and oxygen atoms in total. The van der Waals surface area contributed by atoms with Crippen molar-refractivity contribution in [1.82, 2.24) is 9.78 Å². The molecule has 0 amide bonds. The molecule has 3 aromatic rings. The summed E-state index contributed by atoms with van der Waals surface area (Å²) in [6.45, 7) is 0. The number of non-ortho nitro benzene ring substituents is 1. The number of benzene rings is 2. The highest BCUT2D eigenvalue weighted by Crippen LogP contribution is 2.18. The summed E-state index contributed by atoms with van der Waals surface area (Å²) in [6.07, 6.45) is 2.73. The molecule has 28 heavy (non-hydrogen) atoms. The highest BCUT2D eigenvalue weighted by Gasteiger charge is 2.10. The van der Waals surface area contributed by atoms with E-state index in [4.69, 9.17) is 16.3 Å². The molecule has 2 aromatic carbocycles. The number of methoxy groups -OCH3 is 1. The van der Waals surface area contributed by atoms with Crippen LogP contribution in [0.4, 0.5) is 11.4 Å². The van der Waals surface area contributed by atoms with E-state index >= 15 is 0 Å². The maximum Gasteiger partial charge on any atom is 0.292 e. The zero-order valence-electron chi connectivity index (χ0n) is 14.6. The summed E-state index contributed by atoms with van der Waals surface area (Å²) in [5, 5.41) is 18.7. The third-order valence-electron chi connectivity index (χ3n) is 3.72. The minimum Gasteiger partial charge on any atom is -0.497 e. The van der Waals surface area contributed by atoms with Gasteiger partial charge in [-0.25, -0.2) is 0 Å². The quantitative estimate of drug-likeness (QED) is 0.387. The molecule has 0 saturated carbocycles. The summed E-state index contributed by atoms with van der Waals surface area (Å²) in [4.78, 5) is 22.8. The van der Waals surface area contributed by atoms with Crippen LogP contribution in [0, 0.1) is 10.1 Å². The van der Waals surface area contributed by atoms with Crippen molar-refractivity contribution in [3.8, 4) is 11.4 Å². The SMILES string of the molecule is COc1ccc(-n2ncc(N/N=C\c3cccc([N+](=O)[O-])c3)c(Cl)c2=O)cc1. The Labute approximate surface area is 164 Å². The van der Waals surface area contributed by atoms with E-state index in [1.165, 1.54) is 24.5 Å². The number of hydrogen-bond acceptors (Lipinski definition) is 7. The van der Waals surface area contributed by atoms with Crippen molar-refractivity contribution in [1.29, 1.82) is 0 Å². The predicted octanol–water partition coefficient (Wildman–Crippen LogP) is 3.25.